The Labute approximate surface area is 107 Å². The summed E-state index contributed by atoms with van der Waals surface area (Å²) in [6.07, 6.45) is 8.02. The van der Waals surface area contributed by atoms with Crippen molar-refractivity contribution in [3.8, 4) is 0 Å². The molecule has 88 valence electrons. The highest BCUT2D eigenvalue weighted by Gasteiger charge is 2.49. The van der Waals surface area contributed by atoms with Crippen molar-refractivity contribution in [1.82, 2.24) is 0 Å². The Balaban J connectivity index is 2.12. The molecule has 0 amide bonds. The van der Waals surface area contributed by atoms with Gasteiger partial charge >= 0.3 is 0 Å². The van der Waals surface area contributed by atoms with Gasteiger partial charge in [-0.3, -0.25) is 0 Å². The van der Waals surface area contributed by atoms with Gasteiger partial charge in [-0.1, -0.05) is 39.7 Å². The zero-order chi connectivity index (χ0) is 11.9. The Morgan fingerprint density at radius 2 is 2.25 bits per heavy atom. The second-order valence-corrected chi connectivity index (χ2v) is 6.09. The van der Waals surface area contributed by atoms with E-state index >= 15 is 0 Å². The molecule has 2 rings (SSSR count). The first-order chi connectivity index (χ1) is 7.54. The summed E-state index contributed by atoms with van der Waals surface area (Å²) in [5.74, 6) is 2.23. The number of hydrogen-bond donors (Lipinski definition) is 1. The monoisotopic (exact) mass is 281 g/mol. The maximum absolute atomic E-state index is 5.92. The van der Waals surface area contributed by atoms with Crippen LogP contribution in [0.5, 0.6) is 0 Å². The van der Waals surface area contributed by atoms with Crippen LogP contribution in [0.4, 0.5) is 0 Å². The molecule has 0 aromatic carbocycles. The van der Waals surface area contributed by atoms with Crippen molar-refractivity contribution in [1.29, 1.82) is 0 Å². The highest BCUT2D eigenvalue weighted by molar-refractivity contribution is 9.09. The first-order valence-corrected chi connectivity index (χ1v) is 6.89. The minimum absolute atomic E-state index is 0.585. The molecular weight excluding hydrogens is 262 g/mol. The molecule has 0 aliphatic heterocycles. The number of allylic oxidation sites excluding steroid dienone is 5. The molecule has 2 heteroatoms. The summed E-state index contributed by atoms with van der Waals surface area (Å²) in [6, 6.07) is 0. The van der Waals surface area contributed by atoms with Crippen LogP contribution in [0.15, 0.2) is 35.1 Å². The van der Waals surface area contributed by atoms with Gasteiger partial charge in [-0.05, 0) is 50.5 Å². The van der Waals surface area contributed by atoms with Gasteiger partial charge in [0.2, 0.25) is 0 Å². The molecule has 4 atom stereocenters. The minimum Gasteiger partial charge on any atom is -0.399 e. The van der Waals surface area contributed by atoms with Gasteiger partial charge in [-0.2, -0.15) is 0 Å². The number of hydrogen-bond acceptors (Lipinski definition) is 1. The first kappa shape index (κ1) is 12.0. The fourth-order valence-electron chi connectivity index (χ4n) is 2.59. The van der Waals surface area contributed by atoms with Crippen LogP contribution in [-0.4, -0.2) is 4.83 Å². The predicted molar refractivity (Wildman–Crippen MR) is 73.3 cm³/mol. The molecular formula is C14H20BrN. The summed E-state index contributed by atoms with van der Waals surface area (Å²) in [4.78, 5) is 0.722. The third-order valence-corrected chi connectivity index (χ3v) is 5.20. The molecule has 0 aromatic rings. The van der Waals surface area contributed by atoms with Crippen molar-refractivity contribution in [3.05, 3.63) is 35.1 Å². The molecule has 1 nitrogen and oxygen atoms in total. The Hall–Kier alpha value is -0.500. The van der Waals surface area contributed by atoms with E-state index in [1.165, 1.54) is 17.6 Å². The van der Waals surface area contributed by atoms with E-state index in [4.69, 9.17) is 5.73 Å². The molecule has 16 heavy (non-hydrogen) atoms. The lowest BCUT2D eigenvalue weighted by atomic mass is 9.87. The standard InChI is InChI=1S/C14H20BrN/c1-4-13(16)9(3)5-10-7-12-11(14(12)15)6-8(10)2/h4-6,10-12,14H,7,16H2,1-3H3/b9-5-,13-4-/t10?,11?,12-,14?/m1/s1. The SMILES string of the molecule is C/C=C(N)/C(C)=C\C1C[C@H]2C(Br)C2C=C1C. The van der Waals surface area contributed by atoms with Gasteiger partial charge in [-0.25, -0.2) is 0 Å². The number of rotatable bonds is 2. The van der Waals surface area contributed by atoms with Crippen LogP contribution < -0.4 is 5.73 Å². The second-order valence-electron chi connectivity index (χ2n) is 5.03. The molecule has 1 saturated carbocycles. The van der Waals surface area contributed by atoms with E-state index in [0.29, 0.717) is 5.92 Å². The Bertz CT molecular complexity index is 378. The van der Waals surface area contributed by atoms with E-state index in [1.54, 1.807) is 0 Å². The van der Waals surface area contributed by atoms with Gasteiger partial charge in [0.1, 0.15) is 0 Å². The van der Waals surface area contributed by atoms with Gasteiger partial charge in [0.25, 0.3) is 0 Å². The number of fused-ring (bicyclic) bond motifs is 1. The summed E-state index contributed by atoms with van der Waals surface area (Å²) in [7, 11) is 0. The Morgan fingerprint density at radius 3 is 2.88 bits per heavy atom. The molecule has 0 saturated heterocycles. The maximum atomic E-state index is 5.92. The average Bonchev–Trinajstić information content (AvgIpc) is 2.88. The maximum Gasteiger partial charge on any atom is 0.0297 e. The summed E-state index contributed by atoms with van der Waals surface area (Å²) in [5, 5.41) is 0. The number of nitrogens with two attached hydrogens (primary N) is 1. The third-order valence-electron chi connectivity index (χ3n) is 3.91. The second kappa shape index (κ2) is 4.40. The van der Waals surface area contributed by atoms with Crippen LogP contribution in [0, 0.1) is 17.8 Å². The fourth-order valence-corrected chi connectivity index (χ4v) is 3.53. The zero-order valence-corrected chi connectivity index (χ0v) is 11.8. The van der Waals surface area contributed by atoms with Gasteiger partial charge < -0.3 is 5.73 Å². The van der Waals surface area contributed by atoms with E-state index in [1.807, 2.05) is 13.0 Å². The van der Waals surface area contributed by atoms with E-state index in [2.05, 4.69) is 41.9 Å². The van der Waals surface area contributed by atoms with Crippen molar-refractivity contribution in [3.63, 3.8) is 0 Å². The lowest BCUT2D eigenvalue weighted by Crippen LogP contribution is -2.08. The molecule has 0 spiro atoms. The molecule has 0 radical (unpaired) electrons. The summed E-state index contributed by atoms with van der Waals surface area (Å²) in [5.41, 5.74) is 9.54. The van der Waals surface area contributed by atoms with Crippen molar-refractivity contribution in [2.24, 2.45) is 23.5 Å². The number of halogens is 1. The number of alkyl halides is 1. The van der Waals surface area contributed by atoms with Gasteiger partial charge in [0.15, 0.2) is 0 Å². The molecule has 2 aliphatic rings. The van der Waals surface area contributed by atoms with E-state index < -0.39 is 0 Å². The predicted octanol–water partition coefficient (Wildman–Crippen LogP) is 3.77. The molecule has 0 heterocycles. The summed E-state index contributed by atoms with van der Waals surface area (Å²) >= 11 is 3.74. The van der Waals surface area contributed by atoms with Crippen molar-refractivity contribution >= 4 is 15.9 Å². The largest absolute Gasteiger partial charge is 0.399 e. The molecule has 2 N–H and O–H groups in total. The highest BCUT2D eigenvalue weighted by atomic mass is 79.9. The van der Waals surface area contributed by atoms with E-state index in [-0.39, 0.29) is 0 Å². The molecule has 0 aromatic heterocycles. The van der Waals surface area contributed by atoms with Gasteiger partial charge in [0, 0.05) is 10.5 Å². The van der Waals surface area contributed by atoms with Crippen LogP contribution in [0.2, 0.25) is 0 Å². The summed E-state index contributed by atoms with van der Waals surface area (Å²) < 4.78 is 0. The highest BCUT2D eigenvalue weighted by Crippen LogP contribution is 2.54. The normalized spacial score (nSPS) is 39.1. The first-order valence-electron chi connectivity index (χ1n) is 5.97. The van der Waals surface area contributed by atoms with Gasteiger partial charge in [-0.15, -0.1) is 0 Å². The third kappa shape index (κ3) is 2.13. The van der Waals surface area contributed by atoms with E-state index in [9.17, 15) is 0 Å². The van der Waals surface area contributed by atoms with Crippen molar-refractivity contribution in [2.45, 2.75) is 32.0 Å². The lowest BCUT2D eigenvalue weighted by molar-refractivity contribution is 0.564. The van der Waals surface area contributed by atoms with Crippen LogP contribution in [-0.2, 0) is 0 Å². The lowest BCUT2D eigenvalue weighted by Gasteiger charge is -2.19. The van der Waals surface area contributed by atoms with Crippen molar-refractivity contribution in [2.75, 3.05) is 0 Å². The quantitative estimate of drug-likeness (QED) is 0.465. The van der Waals surface area contributed by atoms with Crippen molar-refractivity contribution < 1.29 is 0 Å². The smallest absolute Gasteiger partial charge is 0.0297 e. The molecule has 3 unspecified atom stereocenters. The zero-order valence-electron chi connectivity index (χ0n) is 10.2. The molecule has 0 bridgehead atoms. The van der Waals surface area contributed by atoms with Crippen LogP contribution in [0.25, 0.3) is 0 Å². The molecule has 1 fully saturated rings. The fraction of sp³-hybridized carbons (Fsp3) is 0.571. The minimum atomic E-state index is 0.585. The van der Waals surface area contributed by atoms with Gasteiger partial charge in [0.05, 0.1) is 0 Å². The van der Waals surface area contributed by atoms with Crippen LogP contribution in [0.1, 0.15) is 27.2 Å². The molecule has 2 aliphatic carbocycles. The van der Waals surface area contributed by atoms with Crippen LogP contribution in [0.3, 0.4) is 0 Å². The average molecular weight is 282 g/mol. The topological polar surface area (TPSA) is 26.0 Å². The Kier molecular flexibility index (Phi) is 3.29. The van der Waals surface area contributed by atoms with Crippen LogP contribution >= 0.6 is 15.9 Å². The Morgan fingerprint density at radius 1 is 1.56 bits per heavy atom. The van der Waals surface area contributed by atoms with E-state index in [0.717, 1.165) is 22.4 Å². The summed E-state index contributed by atoms with van der Waals surface area (Å²) in [6.45, 7) is 6.34.